The summed E-state index contributed by atoms with van der Waals surface area (Å²) in [4.78, 5) is 21.1. The van der Waals surface area contributed by atoms with E-state index in [1.54, 1.807) is 32.7 Å². The predicted molar refractivity (Wildman–Crippen MR) is 110 cm³/mol. The molecule has 0 atom stereocenters. The number of benzene rings is 1. The first kappa shape index (κ1) is 19.4. The molecule has 1 aromatic carbocycles. The van der Waals surface area contributed by atoms with E-state index in [-0.39, 0.29) is 11.6 Å². The van der Waals surface area contributed by atoms with Gasteiger partial charge in [-0.15, -0.1) is 0 Å². The number of hydrogen-bond acceptors (Lipinski definition) is 5. The summed E-state index contributed by atoms with van der Waals surface area (Å²) in [5, 5.41) is 5.71. The zero-order chi connectivity index (χ0) is 20.3. The van der Waals surface area contributed by atoms with Crippen LogP contribution in [0.15, 0.2) is 42.7 Å². The molecule has 2 N–H and O–H groups in total. The van der Waals surface area contributed by atoms with Gasteiger partial charge in [0, 0.05) is 23.5 Å². The molecule has 0 spiro atoms. The molecule has 7 heteroatoms. The van der Waals surface area contributed by atoms with Gasteiger partial charge in [0.1, 0.15) is 5.52 Å². The van der Waals surface area contributed by atoms with Crippen molar-refractivity contribution in [2.45, 2.75) is 26.3 Å². The standard InChI is InChI=1S/C21H24N4O3/c1-21(2,3)25-20(26)24-15-8-9-22-16-10-14(12-23-19(15)16)13-6-7-17(27-4)18(11-13)28-5/h6-12H,1-5H3,(H2,22,24,25,26). The lowest BCUT2D eigenvalue weighted by molar-refractivity contribution is 0.244. The van der Waals surface area contributed by atoms with Crippen LogP contribution in [0.4, 0.5) is 10.5 Å². The number of carbonyl (C=O) groups excluding carboxylic acids is 1. The van der Waals surface area contributed by atoms with Crippen LogP contribution in [0.1, 0.15) is 20.8 Å². The first-order valence-electron chi connectivity index (χ1n) is 8.87. The Balaban J connectivity index is 1.94. The number of methoxy groups -OCH3 is 2. The van der Waals surface area contributed by atoms with Gasteiger partial charge in [0.25, 0.3) is 0 Å². The lowest BCUT2D eigenvalue weighted by atomic mass is 10.1. The largest absolute Gasteiger partial charge is 0.493 e. The maximum Gasteiger partial charge on any atom is 0.319 e. The molecule has 0 bridgehead atoms. The molecular weight excluding hydrogens is 356 g/mol. The van der Waals surface area contributed by atoms with Crippen LogP contribution in [0.3, 0.4) is 0 Å². The highest BCUT2D eigenvalue weighted by Gasteiger charge is 2.15. The van der Waals surface area contributed by atoms with Gasteiger partial charge in [0.15, 0.2) is 11.5 Å². The molecule has 0 radical (unpaired) electrons. The minimum Gasteiger partial charge on any atom is -0.493 e. The first-order chi connectivity index (χ1) is 13.3. The van der Waals surface area contributed by atoms with Crippen molar-refractivity contribution >= 4 is 22.8 Å². The molecule has 2 amide bonds. The zero-order valence-electron chi connectivity index (χ0n) is 16.7. The molecule has 0 unspecified atom stereocenters. The number of pyridine rings is 2. The molecule has 3 aromatic rings. The number of aromatic nitrogens is 2. The molecule has 0 aliphatic carbocycles. The van der Waals surface area contributed by atoms with E-state index >= 15 is 0 Å². The number of rotatable bonds is 4. The zero-order valence-corrected chi connectivity index (χ0v) is 16.7. The molecule has 3 rings (SSSR count). The van der Waals surface area contributed by atoms with E-state index in [2.05, 4.69) is 20.6 Å². The average Bonchev–Trinajstić information content (AvgIpc) is 2.65. The van der Waals surface area contributed by atoms with Crippen LogP contribution in [-0.2, 0) is 0 Å². The van der Waals surface area contributed by atoms with Crippen LogP contribution < -0.4 is 20.1 Å². The second-order valence-corrected chi connectivity index (χ2v) is 7.35. The van der Waals surface area contributed by atoms with Gasteiger partial charge >= 0.3 is 6.03 Å². The third-order valence-electron chi connectivity index (χ3n) is 4.03. The topological polar surface area (TPSA) is 85.4 Å². The number of nitrogens with zero attached hydrogens (tertiary/aromatic N) is 2. The van der Waals surface area contributed by atoms with Crippen LogP contribution in [0.25, 0.3) is 22.2 Å². The highest BCUT2D eigenvalue weighted by atomic mass is 16.5. The Bertz CT molecular complexity index is 1010. The summed E-state index contributed by atoms with van der Waals surface area (Å²) in [6.45, 7) is 5.76. The summed E-state index contributed by atoms with van der Waals surface area (Å²) in [7, 11) is 3.20. The Hall–Kier alpha value is -3.35. The van der Waals surface area contributed by atoms with Gasteiger partial charge in [-0.1, -0.05) is 6.07 Å². The number of anilines is 1. The number of nitrogens with one attached hydrogen (secondary N) is 2. The van der Waals surface area contributed by atoms with Crippen LogP contribution in [0.2, 0.25) is 0 Å². The molecule has 0 saturated carbocycles. The minimum atomic E-state index is -0.332. The molecule has 0 aliphatic rings. The van der Waals surface area contributed by atoms with Crippen LogP contribution in [0.5, 0.6) is 11.5 Å². The van der Waals surface area contributed by atoms with Crippen molar-refractivity contribution < 1.29 is 14.3 Å². The van der Waals surface area contributed by atoms with E-state index in [0.29, 0.717) is 28.2 Å². The highest BCUT2D eigenvalue weighted by Crippen LogP contribution is 2.33. The highest BCUT2D eigenvalue weighted by molar-refractivity contribution is 5.99. The Morgan fingerprint density at radius 3 is 2.39 bits per heavy atom. The van der Waals surface area contributed by atoms with Crippen molar-refractivity contribution in [3.05, 3.63) is 42.7 Å². The lowest BCUT2D eigenvalue weighted by Gasteiger charge is -2.21. The van der Waals surface area contributed by atoms with E-state index in [0.717, 1.165) is 11.1 Å². The fourth-order valence-electron chi connectivity index (χ4n) is 2.80. The number of carbonyl (C=O) groups is 1. The first-order valence-corrected chi connectivity index (χ1v) is 8.87. The average molecular weight is 380 g/mol. The van der Waals surface area contributed by atoms with Crippen molar-refractivity contribution in [2.24, 2.45) is 0 Å². The van der Waals surface area contributed by atoms with Crippen LogP contribution in [-0.4, -0.2) is 35.8 Å². The summed E-state index contributed by atoms with van der Waals surface area (Å²) in [5.74, 6) is 1.30. The maximum absolute atomic E-state index is 12.2. The minimum absolute atomic E-state index is 0.286. The third kappa shape index (κ3) is 4.31. The van der Waals surface area contributed by atoms with Gasteiger partial charge < -0.3 is 20.1 Å². The number of urea groups is 1. The number of hydrogen-bond donors (Lipinski definition) is 2. The molecule has 2 heterocycles. The van der Waals surface area contributed by atoms with Gasteiger partial charge in [0.05, 0.1) is 25.4 Å². The molecule has 146 valence electrons. The van der Waals surface area contributed by atoms with Gasteiger partial charge in [0.2, 0.25) is 0 Å². The molecule has 0 saturated heterocycles. The predicted octanol–water partition coefficient (Wildman–Crippen LogP) is 4.23. The lowest BCUT2D eigenvalue weighted by Crippen LogP contribution is -2.43. The van der Waals surface area contributed by atoms with Gasteiger partial charge in [-0.3, -0.25) is 9.97 Å². The van der Waals surface area contributed by atoms with Gasteiger partial charge in [-0.05, 0) is 50.6 Å². The normalized spacial score (nSPS) is 11.2. The Kier molecular flexibility index (Phi) is 5.35. The monoisotopic (exact) mass is 380 g/mol. The van der Waals surface area contributed by atoms with Crippen molar-refractivity contribution in [3.63, 3.8) is 0 Å². The third-order valence-corrected chi connectivity index (χ3v) is 4.03. The molecule has 28 heavy (non-hydrogen) atoms. The second-order valence-electron chi connectivity index (χ2n) is 7.35. The SMILES string of the molecule is COc1ccc(-c2cnc3c(NC(=O)NC(C)(C)C)ccnc3c2)cc1OC. The number of ether oxygens (including phenoxy) is 2. The molecule has 7 nitrogen and oxygen atoms in total. The van der Waals surface area contributed by atoms with E-state index in [1.807, 2.05) is 45.0 Å². The fraction of sp³-hybridized carbons (Fsp3) is 0.286. The molecule has 0 fully saturated rings. The van der Waals surface area contributed by atoms with Crippen molar-refractivity contribution in [1.29, 1.82) is 0 Å². The van der Waals surface area contributed by atoms with E-state index < -0.39 is 0 Å². The molecular formula is C21H24N4O3. The number of amides is 2. The summed E-state index contributed by atoms with van der Waals surface area (Å²) < 4.78 is 10.7. The maximum atomic E-state index is 12.2. The Morgan fingerprint density at radius 2 is 1.71 bits per heavy atom. The van der Waals surface area contributed by atoms with E-state index in [1.165, 1.54) is 0 Å². The smallest absolute Gasteiger partial charge is 0.319 e. The summed E-state index contributed by atoms with van der Waals surface area (Å²) in [5.41, 5.74) is 3.39. The summed E-state index contributed by atoms with van der Waals surface area (Å²) in [6.07, 6.45) is 3.40. The van der Waals surface area contributed by atoms with Crippen LogP contribution >= 0.6 is 0 Å². The Morgan fingerprint density at radius 1 is 0.964 bits per heavy atom. The summed E-state index contributed by atoms with van der Waals surface area (Å²) in [6, 6.07) is 9.04. The molecule has 2 aromatic heterocycles. The van der Waals surface area contributed by atoms with Crippen LogP contribution in [0, 0.1) is 0 Å². The second kappa shape index (κ2) is 7.72. The van der Waals surface area contributed by atoms with Gasteiger partial charge in [-0.25, -0.2) is 4.79 Å². The number of fused-ring (bicyclic) bond motifs is 1. The van der Waals surface area contributed by atoms with Crippen molar-refractivity contribution in [3.8, 4) is 22.6 Å². The van der Waals surface area contributed by atoms with Crippen molar-refractivity contribution in [2.75, 3.05) is 19.5 Å². The van der Waals surface area contributed by atoms with Gasteiger partial charge in [-0.2, -0.15) is 0 Å². The Labute approximate surface area is 164 Å². The fourth-order valence-corrected chi connectivity index (χ4v) is 2.80. The van der Waals surface area contributed by atoms with E-state index in [9.17, 15) is 4.79 Å². The van der Waals surface area contributed by atoms with E-state index in [4.69, 9.17) is 9.47 Å². The molecule has 0 aliphatic heterocycles. The quantitative estimate of drug-likeness (QED) is 0.707. The van der Waals surface area contributed by atoms with Crippen molar-refractivity contribution in [1.82, 2.24) is 15.3 Å². The summed E-state index contributed by atoms with van der Waals surface area (Å²) >= 11 is 0.